The SMILES string of the molecule is CC(C)=CCCC(C(=O)O)=C1[C@@H](O)C[C@@]2(C)[C@H]1C[C@@H](O)[C@H]1[C@@]3(C)CC[C@@H](O)[C@@H](C)[C@@H]3CC[C@@]12C. The Morgan fingerprint density at radius 2 is 1.71 bits per heavy atom. The fourth-order valence-corrected chi connectivity index (χ4v) is 9.51. The van der Waals surface area contributed by atoms with E-state index in [1.165, 1.54) is 0 Å². The van der Waals surface area contributed by atoms with E-state index >= 15 is 0 Å². The van der Waals surface area contributed by atoms with Crippen LogP contribution in [0.15, 0.2) is 22.8 Å². The Morgan fingerprint density at radius 1 is 1.03 bits per heavy atom. The van der Waals surface area contributed by atoms with Gasteiger partial charge in [-0.15, -0.1) is 0 Å². The van der Waals surface area contributed by atoms with E-state index in [9.17, 15) is 25.2 Å². The molecule has 0 aliphatic heterocycles. The highest BCUT2D eigenvalue weighted by Gasteiger charge is 2.70. The molecule has 192 valence electrons. The van der Waals surface area contributed by atoms with Crippen molar-refractivity contribution >= 4 is 5.97 Å². The minimum atomic E-state index is -0.937. The molecule has 5 nitrogen and oxygen atoms in total. The first kappa shape index (κ1) is 25.9. The molecule has 0 spiro atoms. The van der Waals surface area contributed by atoms with Crippen molar-refractivity contribution in [2.75, 3.05) is 0 Å². The maximum Gasteiger partial charge on any atom is 0.331 e. The summed E-state index contributed by atoms with van der Waals surface area (Å²) in [6.45, 7) is 13.1. The van der Waals surface area contributed by atoms with Crippen LogP contribution in [-0.2, 0) is 4.79 Å². The summed E-state index contributed by atoms with van der Waals surface area (Å²) in [7, 11) is 0. The van der Waals surface area contributed by atoms with Crippen LogP contribution in [0.1, 0.15) is 92.9 Å². The van der Waals surface area contributed by atoms with Gasteiger partial charge in [0.15, 0.2) is 0 Å². The van der Waals surface area contributed by atoms with Crippen molar-refractivity contribution in [2.45, 2.75) is 111 Å². The molecule has 0 heterocycles. The Labute approximate surface area is 205 Å². The number of aliphatic hydroxyl groups excluding tert-OH is 3. The van der Waals surface area contributed by atoms with Crippen LogP contribution in [0.4, 0.5) is 0 Å². The number of hydrogen-bond acceptors (Lipinski definition) is 4. The monoisotopic (exact) mass is 474 g/mol. The van der Waals surface area contributed by atoms with Crippen LogP contribution in [0.5, 0.6) is 0 Å². The van der Waals surface area contributed by atoms with E-state index in [-0.39, 0.29) is 40.1 Å². The second kappa shape index (κ2) is 8.74. The summed E-state index contributed by atoms with van der Waals surface area (Å²) in [6.07, 6.45) is 6.25. The minimum Gasteiger partial charge on any atom is -0.478 e. The van der Waals surface area contributed by atoms with Gasteiger partial charge in [0, 0.05) is 5.57 Å². The summed E-state index contributed by atoms with van der Waals surface area (Å²) in [5, 5.41) is 43.8. The molecule has 4 fully saturated rings. The van der Waals surface area contributed by atoms with Gasteiger partial charge in [-0.05, 0) is 111 Å². The summed E-state index contributed by atoms with van der Waals surface area (Å²) in [6, 6.07) is 0. The molecule has 0 radical (unpaired) electrons. The number of fused-ring (bicyclic) bond motifs is 5. The van der Waals surface area contributed by atoms with E-state index in [0.29, 0.717) is 42.7 Å². The zero-order chi connectivity index (χ0) is 25.2. The Hall–Kier alpha value is -1.17. The lowest BCUT2D eigenvalue weighted by molar-refractivity contribution is -0.233. The van der Waals surface area contributed by atoms with Gasteiger partial charge in [0.2, 0.25) is 0 Å². The third kappa shape index (κ3) is 3.64. The highest BCUT2D eigenvalue weighted by Crippen LogP contribution is 2.74. The van der Waals surface area contributed by atoms with Crippen LogP contribution in [0.3, 0.4) is 0 Å². The van der Waals surface area contributed by atoms with Crippen LogP contribution in [0, 0.1) is 39.9 Å². The Kier molecular flexibility index (Phi) is 6.66. The summed E-state index contributed by atoms with van der Waals surface area (Å²) in [5.74, 6) is -0.375. The van der Waals surface area contributed by atoms with Gasteiger partial charge in [-0.1, -0.05) is 39.3 Å². The minimum absolute atomic E-state index is 0.0600. The third-order valence-electron chi connectivity index (χ3n) is 11.3. The quantitative estimate of drug-likeness (QED) is 0.336. The van der Waals surface area contributed by atoms with Crippen LogP contribution in [0.2, 0.25) is 0 Å². The first-order chi connectivity index (χ1) is 15.8. The van der Waals surface area contributed by atoms with Gasteiger partial charge in [0.25, 0.3) is 0 Å². The summed E-state index contributed by atoms with van der Waals surface area (Å²) in [5.41, 5.74) is 1.66. The third-order valence-corrected chi connectivity index (χ3v) is 11.3. The largest absolute Gasteiger partial charge is 0.478 e. The maximum absolute atomic E-state index is 12.4. The lowest BCUT2D eigenvalue weighted by Crippen LogP contribution is -2.65. The second-order valence-electron chi connectivity index (χ2n) is 13.1. The highest BCUT2D eigenvalue weighted by atomic mass is 16.4. The van der Waals surface area contributed by atoms with Gasteiger partial charge < -0.3 is 20.4 Å². The lowest BCUT2D eigenvalue weighted by Gasteiger charge is -2.69. The molecule has 10 atom stereocenters. The summed E-state index contributed by atoms with van der Waals surface area (Å²) in [4.78, 5) is 12.4. The number of rotatable bonds is 4. The normalized spacial score (nSPS) is 49.5. The van der Waals surface area contributed by atoms with Crippen molar-refractivity contribution in [3.05, 3.63) is 22.8 Å². The van der Waals surface area contributed by atoms with Gasteiger partial charge in [0.1, 0.15) is 0 Å². The summed E-state index contributed by atoms with van der Waals surface area (Å²) >= 11 is 0. The first-order valence-electron chi connectivity index (χ1n) is 13.4. The standard InChI is InChI=1S/C29H46O5/c1-16(2)8-7-9-18(26(33)34)24-20-14-22(31)25-27(4)12-11-21(30)17(3)19(27)10-13-28(25,5)29(20,6)15-23(24)32/h8,17,19-23,25,30-32H,7,9-15H2,1-6H3,(H,33,34)/t17-,19-,20-,21+,22+,23-,25-,27-,28-,29-/m0/s1. The number of aliphatic hydroxyl groups is 3. The van der Waals surface area contributed by atoms with Gasteiger partial charge >= 0.3 is 5.97 Å². The highest BCUT2D eigenvalue weighted by molar-refractivity contribution is 5.88. The predicted octanol–water partition coefficient (Wildman–Crippen LogP) is 5.10. The van der Waals surface area contributed by atoms with E-state index in [1.807, 2.05) is 13.8 Å². The molecule has 0 aromatic heterocycles. The molecule has 5 heteroatoms. The van der Waals surface area contributed by atoms with Crippen molar-refractivity contribution in [2.24, 2.45) is 39.9 Å². The molecule has 0 bridgehead atoms. The van der Waals surface area contributed by atoms with Gasteiger partial charge in [-0.3, -0.25) is 0 Å². The van der Waals surface area contributed by atoms with Crippen LogP contribution < -0.4 is 0 Å². The topological polar surface area (TPSA) is 98.0 Å². The van der Waals surface area contributed by atoms with Crippen molar-refractivity contribution < 1.29 is 25.2 Å². The lowest BCUT2D eigenvalue weighted by atomic mass is 9.36. The second-order valence-corrected chi connectivity index (χ2v) is 13.1. The number of carbonyl (C=O) groups is 1. The van der Waals surface area contributed by atoms with Gasteiger partial charge in [-0.2, -0.15) is 0 Å². The molecule has 4 aliphatic rings. The molecule has 4 aliphatic carbocycles. The summed E-state index contributed by atoms with van der Waals surface area (Å²) < 4.78 is 0. The van der Waals surface area contributed by atoms with E-state index in [4.69, 9.17) is 0 Å². The van der Waals surface area contributed by atoms with Crippen LogP contribution in [-0.4, -0.2) is 44.7 Å². The average molecular weight is 475 g/mol. The molecular weight excluding hydrogens is 428 g/mol. The van der Waals surface area contributed by atoms with Crippen molar-refractivity contribution in [3.63, 3.8) is 0 Å². The smallest absolute Gasteiger partial charge is 0.331 e. The van der Waals surface area contributed by atoms with E-state index < -0.39 is 18.2 Å². The van der Waals surface area contributed by atoms with E-state index in [0.717, 1.165) is 31.3 Å². The maximum atomic E-state index is 12.4. The number of carboxylic acids is 1. The molecule has 0 amide bonds. The number of carboxylic acid groups (broad SMARTS) is 1. The number of aliphatic carboxylic acids is 1. The predicted molar refractivity (Wildman–Crippen MR) is 133 cm³/mol. The molecule has 4 rings (SSSR count). The van der Waals surface area contributed by atoms with E-state index in [2.05, 4.69) is 33.8 Å². The van der Waals surface area contributed by atoms with Crippen molar-refractivity contribution in [3.8, 4) is 0 Å². The van der Waals surface area contributed by atoms with Crippen molar-refractivity contribution in [1.29, 1.82) is 0 Å². The van der Waals surface area contributed by atoms with Gasteiger partial charge in [-0.25, -0.2) is 4.79 Å². The number of hydrogen-bond donors (Lipinski definition) is 4. The molecular formula is C29H46O5. The fourth-order valence-electron chi connectivity index (χ4n) is 9.51. The Morgan fingerprint density at radius 3 is 2.32 bits per heavy atom. The van der Waals surface area contributed by atoms with Gasteiger partial charge in [0.05, 0.1) is 18.3 Å². The number of allylic oxidation sites excluding steroid dienone is 2. The molecule has 4 saturated carbocycles. The zero-order valence-electron chi connectivity index (χ0n) is 22.0. The average Bonchev–Trinajstić information content (AvgIpc) is 2.99. The van der Waals surface area contributed by atoms with Crippen LogP contribution >= 0.6 is 0 Å². The van der Waals surface area contributed by atoms with Crippen molar-refractivity contribution in [1.82, 2.24) is 0 Å². The zero-order valence-corrected chi connectivity index (χ0v) is 22.0. The van der Waals surface area contributed by atoms with E-state index in [1.54, 1.807) is 0 Å². The molecule has 0 aromatic carbocycles. The molecule has 0 unspecified atom stereocenters. The molecule has 0 saturated heterocycles. The first-order valence-corrected chi connectivity index (χ1v) is 13.4. The van der Waals surface area contributed by atoms with Crippen LogP contribution in [0.25, 0.3) is 0 Å². The molecule has 4 N–H and O–H groups in total. The Bertz CT molecular complexity index is 887. The Balaban J connectivity index is 1.76. The molecule has 34 heavy (non-hydrogen) atoms. The fraction of sp³-hybridized carbons (Fsp3) is 0.828. The molecule has 0 aromatic rings.